The van der Waals surface area contributed by atoms with Crippen LogP contribution in [0.3, 0.4) is 0 Å². The number of aromatic nitrogens is 2. The molecule has 1 aromatic carbocycles. The Morgan fingerprint density at radius 2 is 2.20 bits per heavy atom. The maximum atomic E-state index is 9.76. The van der Waals surface area contributed by atoms with Gasteiger partial charge in [-0.15, -0.1) is 0 Å². The number of aryl methyl sites for hydroxylation is 1. The van der Waals surface area contributed by atoms with E-state index in [4.69, 9.17) is 9.47 Å². The fraction of sp³-hybridized carbons (Fsp3) is 0.400. The van der Waals surface area contributed by atoms with Crippen LogP contribution in [0.5, 0.6) is 11.5 Å². The van der Waals surface area contributed by atoms with Crippen molar-refractivity contribution in [1.82, 2.24) is 9.55 Å². The van der Waals surface area contributed by atoms with Crippen LogP contribution in [-0.2, 0) is 13.5 Å². The van der Waals surface area contributed by atoms with Crippen molar-refractivity contribution in [3.8, 4) is 11.5 Å². The van der Waals surface area contributed by atoms with Crippen LogP contribution in [0.25, 0.3) is 0 Å². The van der Waals surface area contributed by atoms with Gasteiger partial charge >= 0.3 is 0 Å². The van der Waals surface area contributed by atoms with Crippen LogP contribution in [0.2, 0.25) is 0 Å². The van der Waals surface area contributed by atoms with Crippen molar-refractivity contribution in [2.75, 3.05) is 13.7 Å². The van der Waals surface area contributed by atoms with Gasteiger partial charge in [-0.05, 0) is 19.1 Å². The number of benzene rings is 1. The Kier molecular flexibility index (Phi) is 4.63. The number of nitrogens with zero attached hydrogens (tertiary/aromatic N) is 2. The lowest BCUT2D eigenvalue weighted by Crippen LogP contribution is -2.08. The van der Waals surface area contributed by atoms with Crippen LogP contribution in [0.15, 0.2) is 30.6 Å². The summed E-state index contributed by atoms with van der Waals surface area (Å²) < 4.78 is 12.9. The van der Waals surface area contributed by atoms with E-state index in [9.17, 15) is 5.11 Å². The van der Waals surface area contributed by atoms with Gasteiger partial charge in [0, 0.05) is 37.5 Å². The Balaban J connectivity index is 2.05. The number of imidazole rings is 1. The van der Waals surface area contributed by atoms with Crippen molar-refractivity contribution in [2.24, 2.45) is 7.05 Å². The molecule has 108 valence electrons. The molecule has 0 amide bonds. The molecule has 0 fully saturated rings. The molecule has 0 aliphatic heterocycles. The molecule has 2 aromatic rings. The maximum Gasteiger partial charge on any atom is 0.128 e. The van der Waals surface area contributed by atoms with Gasteiger partial charge in [-0.25, -0.2) is 4.98 Å². The second-order valence-electron chi connectivity index (χ2n) is 4.63. The molecule has 0 unspecified atom stereocenters. The molecule has 1 aromatic heterocycles. The lowest BCUT2D eigenvalue weighted by molar-refractivity contribution is 0.191. The van der Waals surface area contributed by atoms with Gasteiger partial charge in [-0.1, -0.05) is 0 Å². The topological polar surface area (TPSA) is 56.5 Å². The smallest absolute Gasteiger partial charge is 0.128 e. The first-order chi connectivity index (χ1) is 9.61. The van der Waals surface area contributed by atoms with Crippen LogP contribution in [0.4, 0.5) is 0 Å². The molecule has 2 rings (SSSR count). The lowest BCUT2D eigenvalue weighted by Gasteiger charge is -2.14. The molecule has 0 aliphatic rings. The molecule has 1 heterocycles. The highest BCUT2D eigenvalue weighted by Crippen LogP contribution is 2.29. The van der Waals surface area contributed by atoms with Gasteiger partial charge < -0.3 is 19.1 Å². The van der Waals surface area contributed by atoms with E-state index in [0.29, 0.717) is 24.5 Å². The van der Waals surface area contributed by atoms with Crippen molar-refractivity contribution < 1.29 is 14.6 Å². The van der Waals surface area contributed by atoms with Gasteiger partial charge in [-0.2, -0.15) is 0 Å². The second kappa shape index (κ2) is 6.43. The van der Waals surface area contributed by atoms with Crippen LogP contribution < -0.4 is 9.47 Å². The molecular weight excluding hydrogens is 256 g/mol. The predicted molar refractivity (Wildman–Crippen MR) is 76.0 cm³/mol. The first-order valence-corrected chi connectivity index (χ1v) is 6.57. The van der Waals surface area contributed by atoms with E-state index in [-0.39, 0.29) is 0 Å². The summed E-state index contributed by atoms with van der Waals surface area (Å²) in [6, 6.07) is 5.42. The van der Waals surface area contributed by atoms with Crippen molar-refractivity contribution in [1.29, 1.82) is 0 Å². The third kappa shape index (κ3) is 3.30. The summed E-state index contributed by atoms with van der Waals surface area (Å²) in [4.78, 5) is 4.25. The lowest BCUT2D eigenvalue weighted by atomic mass is 10.1. The maximum absolute atomic E-state index is 9.76. The summed E-state index contributed by atoms with van der Waals surface area (Å²) in [6.07, 6.45) is 3.80. The molecule has 1 N–H and O–H groups in total. The zero-order chi connectivity index (χ0) is 14.5. The highest BCUT2D eigenvalue weighted by Gasteiger charge is 2.11. The van der Waals surface area contributed by atoms with Crippen molar-refractivity contribution in [3.63, 3.8) is 0 Å². The van der Waals surface area contributed by atoms with E-state index in [1.165, 1.54) is 0 Å². The predicted octanol–water partition coefficient (Wildman–Crippen LogP) is 2.10. The molecule has 0 saturated heterocycles. The first kappa shape index (κ1) is 14.4. The minimum absolute atomic E-state index is 0.498. The van der Waals surface area contributed by atoms with Crippen LogP contribution in [0, 0.1) is 0 Å². The Morgan fingerprint density at radius 3 is 2.80 bits per heavy atom. The third-order valence-electron chi connectivity index (χ3n) is 3.18. The van der Waals surface area contributed by atoms with Crippen molar-refractivity contribution in [2.45, 2.75) is 19.4 Å². The van der Waals surface area contributed by atoms with E-state index < -0.39 is 6.10 Å². The number of rotatable bonds is 6. The van der Waals surface area contributed by atoms with Gasteiger partial charge in [0.1, 0.15) is 17.3 Å². The van der Waals surface area contributed by atoms with Gasteiger partial charge in [0.25, 0.3) is 0 Å². The Labute approximate surface area is 118 Å². The summed E-state index contributed by atoms with van der Waals surface area (Å²) in [5, 5.41) is 9.76. The second-order valence-corrected chi connectivity index (χ2v) is 4.63. The Bertz CT molecular complexity index is 564. The van der Waals surface area contributed by atoms with Crippen LogP contribution in [0.1, 0.15) is 24.4 Å². The minimum Gasteiger partial charge on any atom is -0.497 e. The molecule has 0 spiro atoms. The molecule has 0 aliphatic carbocycles. The largest absolute Gasteiger partial charge is 0.497 e. The standard InChI is InChI=1S/C15H20N2O3/c1-11(18)13-5-4-12(19-3)10-14(13)20-9-6-15-16-7-8-17(15)2/h4-5,7-8,10-11,18H,6,9H2,1-3H3/t11-/m0/s1. The van der Waals surface area contributed by atoms with Gasteiger partial charge in [0.15, 0.2) is 0 Å². The number of aliphatic hydroxyl groups is 1. The van der Waals surface area contributed by atoms with Crippen molar-refractivity contribution >= 4 is 0 Å². The molecule has 1 atom stereocenters. The van der Waals surface area contributed by atoms with E-state index in [1.807, 2.05) is 29.9 Å². The Morgan fingerprint density at radius 1 is 1.40 bits per heavy atom. The number of aliphatic hydroxyl groups excluding tert-OH is 1. The van der Waals surface area contributed by atoms with E-state index in [2.05, 4.69) is 4.98 Å². The minimum atomic E-state index is -0.580. The highest BCUT2D eigenvalue weighted by atomic mass is 16.5. The monoisotopic (exact) mass is 276 g/mol. The van der Waals surface area contributed by atoms with Crippen LogP contribution in [-0.4, -0.2) is 28.4 Å². The zero-order valence-electron chi connectivity index (χ0n) is 12.0. The Hall–Kier alpha value is -2.01. The number of hydrogen-bond acceptors (Lipinski definition) is 4. The van der Waals surface area contributed by atoms with E-state index in [1.54, 1.807) is 26.3 Å². The number of ether oxygens (including phenoxy) is 2. The van der Waals surface area contributed by atoms with Crippen molar-refractivity contribution in [3.05, 3.63) is 42.0 Å². The molecule has 0 radical (unpaired) electrons. The quantitative estimate of drug-likeness (QED) is 0.878. The number of hydrogen-bond donors (Lipinski definition) is 1. The zero-order valence-corrected chi connectivity index (χ0v) is 12.0. The summed E-state index contributed by atoms with van der Waals surface area (Å²) in [6.45, 7) is 2.21. The molecule has 0 saturated carbocycles. The number of methoxy groups -OCH3 is 1. The first-order valence-electron chi connectivity index (χ1n) is 6.57. The third-order valence-corrected chi connectivity index (χ3v) is 3.18. The summed E-state index contributed by atoms with van der Waals surface area (Å²) in [7, 11) is 3.56. The molecule has 20 heavy (non-hydrogen) atoms. The average molecular weight is 276 g/mol. The molecule has 0 bridgehead atoms. The summed E-state index contributed by atoms with van der Waals surface area (Å²) in [5.74, 6) is 2.32. The molecule has 5 nitrogen and oxygen atoms in total. The van der Waals surface area contributed by atoms with E-state index >= 15 is 0 Å². The molecular formula is C15H20N2O3. The fourth-order valence-electron chi connectivity index (χ4n) is 2.00. The van der Waals surface area contributed by atoms with Gasteiger partial charge in [-0.3, -0.25) is 0 Å². The normalized spacial score (nSPS) is 12.2. The van der Waals surface area contributed by atoms with Gasteiger partial charge in [0.2, 0.25) is 0 Å². The fourth-order valence-corrected chi connectivity index (χ4v) is 2.00. The van der Waals surface area contributed by atoms with Gasteiger partial charge in [0.05, 0.1) is 19.8 Å². The average Bonchev–Trinajstić information content (AvgIpc) is 2.84. The van der Waals surface area contributed by atoms with E-state index in [0.717, 1.165) is 11.4 Å². The summed E-state index contributed by atoms with van der Waals surface area (Å²) in [5.41, 5.74) is 0.755. The van der Waals surface area contributed by atoms with Crippen LogP contribution >= 0.6 is 0 Å². The highest BCUT2D eigenvalue weighted by molar-refractivity contribution is 5.41. The SMILES string of the molecule is COc1ccc([C@H](C)O)c(OCCc2nccn2C)c1. The molecule has 5 heteroatoms. The summed E-state index contributed by atoms with van der Waals surface area (Å²) >= 11 is 0.